The number of thioether (sulfide) groups is 1. The monoisotopic (exact) mass is 290 g/mol. The predicted molar refractivity (Wildman–Crippen MR) is 68.9 cm³/mol. The minimum absolute atomic E-state index is 0.0254. The van der Waals surface area contributed by atoms with Gasteiger partial charge in [-0.2, -0.15) is 8.78 Å². The lowest BCUT2D eigenvalue weighted by Crippen LogP contribution is -2.34. The van der Waals surface area contributed by atoms with Crippen molar-refractivity contribution in [1.29, 1.82) is 0 Å². The van der Waals surface area contributed by atoms with Gasteiger partial charge >= 0.3 is 0 Å². The van der Waals surface area contributed by atoms with Gasteiger partial charge in [0.25, 0.3) is 5.76 Å². The lowest BCUT2D eigenvalue weighted by atomic mass is 10.4. The zero-order valence-electron chi connectivity index (χ0n) is 10.3. The minimum atomic E-state index is -2.39. The standard InChI is InChI=1S/C12H16F2N2O2S/c13-12(14)19-7-10-4-3-9(18-10)5-15-6-11(17)16-8-1-2-8/h3-4,8,12,15H,1-2,5-7H2,(H,16,17). The molecule has 4 nitrogen and oxygen atoms in total. The minimum Gasteiger partial charge on any atom is -0.464 e. The van der Waals surface area contributed by atoms with E-state index in [1.807, 2.05) is 0 Å². The van der Waals surface area contributed by atoms with E-state index in [4.69, 9.17) is 4.42 Å². The fraction of sp³-hybridized carbons (Fsp3) is 0.583. The average Bonchev–Trinajstić information content (AvgIpc) is 3.04. The molecule has 1 aromatic heterocycles. The molecule has 1 aliphatic carbocycles. The van der Waals surface area contributed by atoms with Crippen LogP contribution in [0.15, 0.2) is 16.5 Å². The largest absolute Gasteiger partial charge is 0.464 e. The average molecular weight is 290 g/mol. The molecular formula is C12H16F2N2O2S. The van der Waals surface area contributed by atoms with Gasteiger partial charge in [0.05, 0.1) is 18.8 Å². The van der Waals surface area contributed by atoms with E-state index >= 15 is 0 Å². The summed E-state index contributed by atoms with van der Waals surface area (Å²) in [6.07, 6.45) is 2.13. The maximum absolute atomic E-state index is 12.0. The summed E-state index contributed by atoms with van der Waals surface area (Å²) in [4.78, 5) is 11.4. The number of rotatable bonds is 8. The third-order valence-electron chi connectivity index (χ3n) is 2.60. The molecule has 0 aromatic carbocycles. The first-order chi connectivity index (χ1) is 9.13. The fourth-order valence-electron chi connectivity index (χ4n) is 1.55. The van der Waals surface area contributed by atoms with Crippen molar-refractivity contribution in [3.8, 4) is 0 Å². The Labute approximate surface area is 114 Å². The Morgan fingerprint density at radius 3 is 2.84 bits per heavy atom. The number of hydrogen-bond acceptors (Lipinski definition) is 4. The van der Waals surface area contributed by atoms with Gasteiger partial charge in [0.2, 0.25) is 5.91 Å². The quantitative estimate of drug-likeness (QED) is 0.770. The van der Waals surface area contributed by atoms with E-state index in [1.54, 1.807) is 12.1 Å². The van der Waals surface area contributed by atoms with E-state index in [0.29, 0.717) is 35.9 Å². The number of nitrogens with one attached hydrogen (secondary N) is 2. The first kappa shape index (κ1) is 14.3. The summed E-state index contributed by atoms with van der Waals surface area (Å²) >= 11 is 0.529. The van der Waals surface area contributed by atoms with Gasteiger partial charge in [0.1, 0.15) is 11.5 Å². The zero-order chi connectivity index (χ0) is 13.7. The number of carbonyl (C=O) groups is 1. The summed E-state index contributed by atoms with van der Waals surface area (Å²) in [7, 11) is 0. The van der Waals surface area contributed by atoms with Crippen LogP contribution in [-0.4, -0.2) is 24.3 Å². The van der Waals surface area contributed by atoms with Gasteiger partial charge < -0.3 is 15.1 Å². The van der Waals surface area contributed by atoms with Crippen LogP contribution < -0.4 is 10.6 Å². The Morgan fingerprint density at radius 1 is 1.42 bits per heavy atom. The van der Waals surface area contributed by atoms with Crippen LogP contribution in [0, 0.1) is 0 Å². The van der Waals surface area contributed by atoms with E-state index in [9.17, 15) is 13.6 Å². The third-order valence-corrected chi connectivity index (χ3v) is 3.30. The summed E-state index contributed by atoms with van der Waals surface area (Å²) in [6.45, 7) is 0.649. The van der Waals surface area contributed by atoms with Crippen LogP contribution >= 0.6 is 11.8 Å². The lowest BCUT2D eigenvalue weighted by Gasteiger charge is -2.04. The van der Waals surface area contributed by atoms with Gasteiger partial charge in [-0.1, -0.05) is 11.8 Å². The van der Waals surface area contributed by atoms with Crippen LogP contribution in [0.25, 0.3) is 0 Å². The highest BCUT2D eigenvalue weighted by atomic mass is 32.2. The molecule has 1 aromatic rings. The Kier molecular flexibility index (Phi) is 5.21. The molecule has 1 aliphatic rings. The van der Waals surface area contributed by atoms with Crippen molar-refractivity contribution in [2.24, 2.45) is 0 Å². The van der Waals surface area contributed by atoms with Gasteiger partial charge in [-0.15, -0.1) is 0 Å². The summed E-state index contributed by atoms with van der Waals surface area (Å²) in [6, 6.07) is 3.76. The van der Waals surface area contributed by atoms with Crippen LogP contribution in [0.4, 0.5) is 8.78 Å². The van der Waals surface area contributed by atoms with Crippen molar-refractivity contribution in [1.82, 2.24) is 10.6 Å². The second-order valence-corrected chi connectivity index (χ2v) is 5.36. The summed E-state index contributed by atoms with van der Waals surface area (Å²) < 4.78 is 29.3. The second kappa shape index (κ2) is 6.91. The molecule has 0 aliphatic heterocycles. The lowest BCUT2D eigenvalue weighted by molar-refractivity contribution is -0.120. The van der Waals surface area contributed by atoms with Crippen molar-refractivity contribution in [2.45, 2.75) is 36.9 Å². The molecule has 0 spiro atoms. The molecule has 2 N–H and O–H groups in total. The molecule has 0 bridgehead atoms. The number of alkyl halides is 2. The Morgan fingerprint density at radius 2 is 2.16 bits per heavy atom. The molecule has 0 atom stereocenters. The predicted octanol–water partition coefficient (Wildman–Crippen LogP) is 2.10. The molecule has 1 saturated carbocycles. The van der Waals surface area contributed by atoms with Crippen LogP contribution in [0.3, 0.4) is 0 Å². The number of furan rings is 1. The zero-order valence-corrected chi connectivity index (χ0v) is 11.1. The van der Waals surface area contributed by atoms with Gasteiger partial charge in [0, 0.05) is 6.04 Å². The highest BCUT2D eigenvalue weighted by molar-refractivity contribution is 7.98. The molecule has 106 valence electrons. The highest BCUT2D eigenvalue weighted by Crippen LogP contribution is 2.21. The van der Waals surface area contributed by atoms with E-state index < -0.39 is 5.76 Å². The van der Waals surface area contributed by atoms with Crippen LogP contribution in [0.5, 0.6) is 0 Å². The van der Waals surface area contributed by atoms with Crippen molar-refractivity contribution in [3.63, 3.8) is 0 Å². The summed E-state index contributed by atoms with van der Waals surface area (Å²) in [5, 5.41) is 5.81. The van der Waals surface area contributed by atoms with Gasteiger partial charge in [-0.25, -0.2) is 0 Å². The SMILES string of the molecule is O=C(CNCc1ccc(CSC(F)F)o1)NC1CC1. The molecule has 1 amide bonds. The second-order valence-electron chi connectivity index (χ2n) is 4.39. The summed E-state index contributed by atoms with van der Waals surface area (Å²) in [5.74, 6) is -1.10. The molecule has 0 unspecified atom stereocenters. The molecular weight excluding hydrogens is 274 g/mol. The molecule has 1 fully saturated rings. The normalized spacial score (nSPS) is 14.9. The van der Waals surface area contributed by atoms with Gasteiger partial charge in [0.15, 0.2) is 0 Å². The third kappa shape index (κ3) is 5.61. The first-order valence-corrected chi connectivity index (χ1v) is 7.16. The Bertz CT molecular complexity index is 422. The van der Waals surface area contributed by atoms with Crippen molar-refractivity contribution < 1.29 is 18.0 Å². The van der Waals surface area contributed by atoms with E-state index in [1.165, 1.54) is 0 Å². The van der Waals surface area contributed by atoms with Crippen LogP contribution in [-0.2, 0) is 17.1 Å². The maximum atomic E-state index is 12.0. The number of halogens is 2. The topological polar surface area (TPSA) is 54.3 Å². The van der Waals surface area contributed by atoms with Gasteiger partial charge in [-0.3, -0.25) is 4.79 Å². The maximum Gasteiger partial charge on any atom is 0.284 e. The molecule has 0 radical (unpaired) electrons. The molecule has 7 heteroatoms. The van der Waals surface area contributed by atoms with Gasteiger partial charge in [-0.05, 0) is 25.0 Å². The fourth-order valence-corrected chi connectivity index (χ4v) is 1.99. The number of carbonyl (C=O) groups excluding carboxylic acids is 1. The van der Waals surface area contributed by atoms with Crippen LogP contribution in [0.1, 0.15) is 24.4 Å². The highest BCUT2D eigenvalue weighted by Gasteiger charge is 2.22. The van der Waals surface area contributed by atoms with Crippen molar-refractivity contribution in [2.75, 3.05) is 6.54 Å². The van der Waals surface area contributed by atoms with Crippen molar-refractivity contribution >= 4 is 17.7 Å². The van der Waals surface area contributed by atoms with Crippen LogP contribution in [0.2, 0.25) is 0 Å². The smallest absolute Gasteiger partial charge is 0.284 e. The van der Waals surface area contributed by atoms with E-state index in [-0.39, 0.29) is 18.2 Å². The summed E-state index contributed by atoms with van der Waals surface area (Å²) in [5.41, 5.74) is 0. The van der Waals surface area contributed by atoms with E-state index in [0.717, 1.165) is 12.8 Å². The first-order valence-electron chi connectivity index (χ1n) is 6.11. The molecule has 19 heavy (non-hydrogen) atoms. The Hall–Kier alpha value is -1.08. The molecule has 1 heterocycles. The Balaban J connectivity index is 1.63. The number of amides is 1. The van der Waals surface area contributed by atoms with E-state index in [2.05, 4.69) is 10.6 Å². The number of hydrogen-bond donors (Lipinski definition) is 2. The molecule has 0 saturated heterocycles. The van der Waals surface area contributed by atoms with Crippen molar-refractivity contribution in [3.05, 3.63) is 23.7 Å². The molecule has 2 rings (SSSR count).